The molecule has 8 nitrogen and oxygen atoms in total. The van der Waals surface area contributed by atoms with Gasteiger partial charge in [-0.05, 0) is 55.9 Å². The van der Waals surface area contributed by atoms with E-state index in [1.807, 2.05) is 4.52 Å². The zero-order valence-corrected chi connectivity index (χ0v) is 20.4. The number of fused-ring (bicyclic) bond motifs is 2. The van der Waals surface area contributed by atoms with E-state index >= 15 is 0 Å². The number of aromatic amines is 1. The molecule has 0 bridgehead atoms. The number of piperidine rings is 1. The van der Waals surface area contributed by atoms with Gasteiger partial charge in [0, 0.05) is 41.9 Å². The molecule has 4 aromatic heterocycles. The fourth-order valence-corrected chi connectivity index (χ4v) is 5.69. The van der Waals surface area contributed by atoms with E-state index < -0.39 is 0 Å². The van der Waals surface area contributed by atoms with Crippen molar-refractivity contribution in [3.05, 3.63) is 41.3 Å². The number of H-pyrrole nitrogens is 1. The third kappa shape index (κ3) is 3.23. The molecule has 0 radical (unpaired) electrons. The molecule has 2 saturated heterocycles. The molecular weight excluding hydrogens is 426 g/mol. The number of ether oxygens (including phenoxy) is 1. The molecule has 1 unspecified atom stereocenters. The van der Waals surface area contributed by atoms with Crippen LogP contribution in [0.2, 0.25) is 0 Å². The average Bonchev–Trinajstić information content (AvgIpc) is 3.38. The SMILES string of the molecule is Cc1c(-c2[nH]c3ccc(N4CCCC(N)(C5COC5)C4)nc3c2C(C)C)cn2ncnc2c1C. The molecule has 6 rings (SSSR count). The van der Waals surface area contributed by atoms with Crippen molar-refractivity contribution < 1.29 is 4.74 Å². The number of aryl methyl sites for hydroxylation is 1. The minimum Gasteiger partial charge on any atom is -0.381 e. The predicted molar refractivity (Wildman–Crippen MR) is 134 cm³/mol. The molecule has 34 heavy (non-hydrogen) atoms. The van der Waals surface area contributed by atoms with Gasteiger partial charge in [-0.15, -0.1) is 0 Å². The maximum Gasteiger partial charge on any atom is 0.158 e. The van der Waals surface area contributed by atoms with E-state index in [-0.39, 0.29) is 5.54 Å². The summed E-state index contributed by atoms with van der Waals surface area (Å²) in [5.41, 5.74) is 15.5. The molecule has 6 heterocycles. The first-order valence-corrected chi connectivity index (χ1v) is 12.3. The van der Waals surface area contributed by atoms with Crippen molar-refractivity contribution in [3.8, 4) is 11.3 Å². The first-order valence-electron chi connectivity index (χ1n) is 12.3. The summed E-state index contributed by atoms with van der Waals surface area (Å²) in [6.07, 6.45) is 5.82. The minimum absolute atomic E-state index is 0.195. The summed E-state index contributed by atoms with van der Waals surface area (Å²) in [6, 6.07) is 4.30. The second-order valence-electron chi connectivity index (χ2n) is 10.4. The second kappa shape index (κ2) is 7.78. The van der Waals surface area contributed by atoms with Crippen LogP contribution >= 0.6 is 0 Å². The molecule has 2 fully saturated rings. The van der Waals surface area contributed by atoms with Crippen LogP contribution in [0.25, 0.3) is 27.9 Å². The van der Waals surface area contributed by atoms with Gasteiger partial charge in [-0.3, -0.25) is 0 Å². The Balaban J connectivity index is 1.45. The molecule has 0 amide bonds. The lowest BCUT2D eigenvalue weighted by Gasteiger charge is -2.48. The number of nitrogens with zero attached hydrogens (tertiary/aromatic N) is 5. The monoisotopic (exact) mass is 459 g/mol. The van der Waals surface area contributed by atoms with E-state index in [1.54, 1.807) is 6.33 Å². The van der Waals surface area contributed by atoms with Gasteiger partial charge >= 0.3 is 0 Å². The summed E-state index contributed by atoms with van der Waals surface area (Å²) in [5.74, 6) is 1.76. The van der Waals surface area contributed by atoms with Crippen LogP contribution in [0.3, 0.4) is 0 Å². The van der Waals surface area contributed by atoms with Gasteiger partial charge in [-0.2, -0.15) is 5.10 Å². The van der Waals surface area contributed by atoms with Crippen LogP contribution in [-0.4, -0.2) is 56.4 Å². The van der Waals surface area contributed by atoms with Crippen molar-refractivity contribution in [1.82, 2.24) is 24.6 Å². The Morgan fingerprint density at radius 3 is 2.76 bits per heavy atom. The number of pyridine rings is 2. The van der Waals surface area contributed by atoms with Crippen LogP contribution in [0.5, 0.6) is 0 Å². The quantitative estimate of drug-likeness (QED) is 0.479. The van der Waals surface area contributed by atoms with E-state index in [4.69, 9.17) is 15.5 Å². The summed E-state index contributed by atoms with van der Waals surface area (Å²) in [7, 11) is 0. The Hall–Kier alpha value is -2.97. The molecule has 0 aromatic carbocycles. The number of hydrogen-bond acceptors (Lipinski definition) is 6. The van der Waals surface area contributed by atoms with Crippen LogP contribution in [0.1, 0.15) is 49.3 Å². The van der Waals surface area contributed by atoms with Crippen LogP contribution in [-0.2, 0) is 4.74 Å². The van der Waals surface area contributed by atoms with Crippen molar-refractivity contribution >= 4 is 22.5 Å². The van der Waals surface area contributed by atoms with Crippen molar-refractivity contribution in [1.29, 1.82) is 0 Å². The Morgan fingerprint density at radius 1 is 1.21 bits per heavy atom. The average molecular weight is 460 g/mol. The molecule has 2 aliphatic heterocycles. The highest BCUT2D eigenvalue weighted by molar-refractivity contribution is 5.90. The Labute approximate surface area is 199 Å². The molecule has 8 heteroatoms. The molecule has 3 N–H and O–H groups in total. The second-order valence-corrected chi connectivity index (χ2v) is 10.4. The highest BCUT2D eigenvalue weighted by Gasteiger charge is 2.43. The summed E-state index contributed by atoms with van der Waals surface area (Å²) in [5, 5.41) is 4.40. The number of rotatable bonds is 4. The van der Waals surface area contributed by atoms with Crippen molar-refractivity contribution in [2.45, 2.75) is 52.0 Å². The first kappa shape index (κ1) is 21.6. The largest absolute Gasteiger partial charge is 0.381 e. The topological polar surface area (TPSA) is 97.4 Å². The number of nitrogens with one attached hydrogen (secondary N) is 1. The highest BCUT2D eigenvalue weighted by Crippen LogP contribution is 2.39. The van der Waals surface area contributed by atoms with Gasteiger partial charge in [0.25, 0.3) is 0 Å². The van der Waals surface area contributed by atoms with Gasteiger partial charge in [0.15, 0.2) is 5.65 Å². The van der Waals surface area contributed by atoms with Crippen molar-refractivity contribution in [3.63, 3.8) is 0 Å². The third-order valence-electron chi connectivity index (χ3n) is 7.97. The van der Waals surface area contributed by atoms with Crippen LogP contribution < -0.4 is 10.6 Å². The molecule has 2 aliphatic rings. The van der Waals surface area contributed by atoms with E-state index in [2.05, 4.69) is 66.0 Å². The normalized spacial score (nSPS) is 21.6. The number of aromatic nitrogens is 5. The van der Waals surface area contributed by atoms with Crippen LogP contribution in [0.4, 0.5) is 5.82 Å². The minimum atomic E-state index is -0.195. The Kier molecular flexibility index (Phi) is 4.93. The van der Waals surface area contributed by atoms with Gasteiger partial charge < -0.3 is 20.4 Å². The number of anilines is 1. The van der Waals surface area contributed by atoms with Crippen molar-refractivity contribution in [2.75, 3.05) is 31.2 Å². The van der Waals surface area contributed by atoms with E-state index in [1.165, 1.54) is 11.1 Å². The summed E-state index contributed by atoms with van der Waals surface area (Å²) < 4.78 is 7.32. The molecule has 178 valence electrons. The predicted octanol–water partition coefficient (Wildman–Crippen LogP) is 3.96. The Morgan fingerprint density at radius 2 is 2.03 bits per heavy atom. The zero-order chi connectivity index (χ0) is 23.6. The number of hydrogen-bond donors (Lipinski definition) is 2. The lowest BCUT2D eigenvalue weighted by molar-refractivity contribution is -0.0723. The van der Waals surface area contributed by atoms with Crippen molar-refractivity contribution in [2.24, 2.45) is 11.7 Å². The van der Waals surface area contributed by atoms with Gasteiger partial charge in [0.2, 0.25) is 0 Å². The fraction of sp³-hybridized carbons (Fsp3) is 0.500. The summed E-state index contributed by atoms with van der Waals surface area (Å²) in [6.45, 7) is 12.1. The van der Waals surface area contributed by atoms with Gasteiger partial charge in [-0.1, -0.05) is 13.8 Å². The van der Waals surface area contributed by atoms with E-state index in [9.17, 15) is 0 Å². The fourth-order valence-electron chi connectivity index (χ4n) is 5.69. The van der Waals surface area contributed by atoms with E-state index in [0.29, 0.717) is 11.8 Å². The Bertz CT molecular complexity index is 1380. The molecular formula is C26H33N7O. The first-order chi connectivity index (χ1) is 16.4. The number of nitrogens with two attached hydrogens (primary N) is 1. The maximum atomic E-state index is 6.86. The van der Waals surface area contributed by atoms with E-state index in [0.717, 1.165) is 78.5 Å². The lowest BCUT2D eigenvalue weighted by Crippen LogP contribution is -2.63. The highest BCUT2D eigenvalue weighted by atomic mass is 16.5. The lowest BCUT2D eigenvalue weighted by atomic mass is 9.77. The van der Waals surface area contributed by atoms with Gasteiger partial charge in [0.1, 0.15) is 12.1 Å². The van der Waals surface area contributed by atoms with Gasteiger partial charge in [0.05, 0.1) is 29.9 Å². The molecule has 4 aromatic rings. The van der Waals surface area contributed by atoms with Gasteiger partial charge in [-0.25, -0.2) is 14.5 Å². The van der Waals surface area contributed by atoms with Crippen LogP contribution in [0, 0.1) is 19.8 Å². The standard InChI is InChI=1S/C26H33N7O/c1-15(2)22-23(19-10-33-25(28-14-29-33)17(4)16(19)3)30-20-6-7-21(31-24(20)22)32-9-5-8-26(27,13-32)18-11-34-12-18/h6-7,10,14-15,18,30H,5,8-9,11-13,27H2,1-4H3. The molecule has 1 atom stereocenters. The third-order valence-corrected chi connectivity index (χ3v) is 7.97. The maximum absolute atomic E-state index is 6.86. The smallest absolute Gasteiger partial charge is 0.158 e. The molecule has 0 spiro atoms. The molecule has 0 aliphatic carbocycles. The summed E-state index contributed by atoms with van der Waals surface area (Å²) in [4.78, 5) is 15.7. The summed E-state index contributed by atoms with van der Waals surface area (Å²) >= 11 is 0. The molecule has 0 saturated carbocycles. The zero-order valence-electron chi connectivity index (χ0n) is 20.4. The van der Waals surface area contributed by atoms with Crippen LogP contribution in [0.15, 0.2) is 24.7 Å².